The number of carbonyl (C=O) groups is 1. The molecule has 1 saturated heterocycles. The average molecular weight is 410 g/mol. The van der Waals surface area contributed by atoms with Gasteiger partial charge in [-0.3, -0.25) is 0 Å². The van der Waals surface area contributed by atoms with Gasteiger partial charge in [-0.1, -0.05) is 29.8 Å². The summed E-state index contributed by atoms with van der Waals surface area (Å²) in [6.07, 6.45) is 0. The Labute approximate surface area is 173 Å². The second-order valence-corrected chi connectivity index (χ2v) is 6.98. The molecule has 1 aliphatic heterocycles. The molecule has 148 valence electrons. The molecule has 2 heterocycles. The summed E-state index contributed by atoms with van der Waals surface area (Å²) in [7, 11) is 0. The van der Waals surface area contributed by atoms with Gasteiger partial charge in [-0.2, -0.15) is 0 Å². The number of halogens is 1. The Kier molecular flexibility index (Phi) is 5.88. The van der Waals surface area contributed by atoms with Crippen LogP contribution < -0.4 is 15.5 Å². The summed E-state index contributed by atoms with van der Waals surface area (Å²) in [5.74, 6) is 0.855. The van der Waals surface area contributed by atoms with Crippen molar-refractivity contribution in [2.75, 3.05) is 41.8 Å². The van der Waals surface area contributed by atoms with E-state index in [4.69, 9.17) is 16.3 Å². The highest BCUT2D eigenvalue weighted by molar-refractivity contribution is 6.30. The fourth-order valence-corrected chi connectivity index (χ4v) is 3.21. The Balaban J connectivity index is 1.37. The Bertz CT molecular complexity index is 973. The zero-order chi connectivity index (χ0) is 20.1. The lowest BCUT2D eigenvalue weighted by Gasteiger charge is -2.27. The number of carbonyl (C=O) groups excluding carboxylic acids is 1. The fraction of sp³-hybridized carbons (Fsp3) is 0.190. The van der Waals surface area contributed by atoms with Crippen molar-refractivity contribution in [1.29, 1.82) is 0 Å². The number of hydrogen-bond acceptors (Lipinski definition) is 5. The predicted octanol–water partition coefficient (Wildman–Crippen LogP) is 4.28. The van der Waals surface area contributed by atoms with Gasteiger partial charge in [0.15, 0.2) is 5.82 Å². The second kappa shape index (κ2) is 8.89. The third kappa shape index (κ3) is 5.01. The smallest absolute Gasteiger partial charge is 0.323 e. The predicted molar refractivity (Wildman–Crippen MR) is 115 cm³/mol. The van der Waals surface area contributed by atoms with E-state index in [1.165, 1.54) is 0 Å². The van der Waals surface area contributed by atoms with Crippen LogP contribution in [-0.4, -0.2) is 42.5 Å². The molecule has 2 N–H and O–H groups in total. The van der Waals surface area contributed by atoms with Gasteiger partial charge in [0.05, 0.1) is 18.9 Å². The maximum atomic E-state index is 12.1. The van der Waals surface area contributed by atoms with Gasteiger partial charge in [-0.15, -0.1) is 10.2 Å². The number of nitrogens with zero attached hydrogens (tertiary/aromatic N) is 3. The zero-order valence-electron chi connectivity index (χ0n) is 15.6. The summed E-state index contributed by atoms with van der Waals surface area (Å²) in [6.45, 7) is 3.07. The third-order valence-corrected chi connectivity index (χ3v) is 4.74. The molecule has 0 spiro atoms. The van der Waals surface area contributed by atoms with Gasteiger partial charge in [-0.05, 0) is 42.5 Å². The summed E-state index contributed by atoms with van der Waals surface area (Å²) < 4.78 is 5.36. The number of rotatable bonds is 4. The van der Waals surface area contributed by atoms with E-state index in [-0.39, 0.29) is 6.03 Å². The number of nitrogens with one attached hydrogen (secondary N) is 2. The largest absolute Gasteiger partial charge is 0.378 e. The minimum absolute atomic E-state index is 0.338. The zero-order valence-corrected chi connectivity index (χ0v) is 16.4. The van der Waals surface area contributed by atoms with Crippen LogP contribution in [0.3, 0.4) is 0 Å². The first-order chi connectivity index (χ1) is 14.2. The number of urea groups is 1. The van der Waals surface area contributed by atoms with Gasteiger partial charge >= 0.3 is 6.03 Å². The molecular weight excluding hydrogens is 390 g/mol. The number of hydrogen-bond donors (Lipinski definition) is 2. The van der Waals surface area contributed by atoms with E-state index < -0.39 is 0 Å². The molecule has 1 aromatic heterocycles. The topological polar surface area (TPSA) is 79.4 Å². The molecule has 0 atom stereocenters. The monoisotopic (exact) mass is 409 g/mol. The standard InChI is InChI=1S/C21H20ClN5O2/c22-16-2-1-3-18(14-16)24-21(28)23-17-6-4-15(5-7-17)19-8-9-20(26-25-19)27-10-12-29-13-11-27/h1-9,14H,10-13H2,(H2,23,24,28). The highest BCUT2D eigenvalue weighted by Crippen LogP contribution is 2.21. The normalized spacial score (nSPS) is 13.8. The molecule has 8 heteroatoms. The Morgan fingerprint density at radius 1 is 0.931 bits per heavy atom. The van der Waals surface area contributed by atoms with Crippen molar-refractivity contribution in [2.24, 2.45) is 0 Å². The second-order valence-electron chi connectivity index (χ2n) is 6.54. The molecule has 0 radical (unpaired) electrons. The van der Waals surface area contributed by atoms with Gasteiger partial charge in [0, 0.05) is 35.1 Å². The van der Waals surface area contributed by atoms with Crippen LogP contribution in [0.15, 0.2) is 60.7 Å². The minimum Gasteiger partial charge on any atom is -0.378 e. The number of amides is 2. The van der Waals surface area contributed by atoms with Crippen molar-refractivity contribution in [1.82, 2.24) is 10.2 Å². The first kappa shape index (κ1) is 19.2. The Morgan fingerprint density at radius 2 is 1.69 bits per heavy atom. The molecule has 7 nitrogen and oxygen atoms in total. The average Bonchev–Trinajstić information content (AvgIpc) is 2.75. The van der Waals surface area contributed by atoms with Crippen LogP contribution >= 0.6 is 11.6 Å². The van der Waals surface area contributed by atoms with Crippen LogP contribution in [0.25, 0.3) is 11.3 Å². The first-order valence-corrected chi connectivity index (χ1v) is 9.66. The molecule has 3 aromatic rings. The maximum Gasteiger partial charge on any atom is 0.323 e. The lowest BCUT2D eigenvalue weighted by atomic mass is 10.1. The SMILES string of the molecule is O=C(Nc1ccc(-c2ccc(N3CCOCC3)nn2)cc1)Nc1cccc(Cl)c1. The summed E-state index contributed by atoms with van der Waals surface area (Å²) in [6, 6.07) is 18.0. The van der Waals surface area contributed by atoms with Gasteiger partial charge in [-0.25, -0.2) is 4.79 Å². The fourth-order valence-electron chi connectivity index (χ4n) is 3.02. The number of benzene rings is 2. The number of anilines is 3. The molecule has 29 heavy (non-hydrogen) atoms. The van der Waals surface area contributed by atoms with Crippen molar-refractivity contribution in [2.45, 2.75) is 0 Å². The molecule has 2 aromatic carbocycles. The van der Waals surface area contributed by atoms with Crippen LogP contribution in [0.2, 0.25) is 5.02 Å². The van der Waals surface area contributed by atoms with Crippen molar-refractivity contribution in [3.05, 3.63) is 65.7 Å². The quantitative estimate of drug-likeness (QED) is 0.672. The Morgan fingerprint density at radius 3 is 2.38 bits per heavy atom. The van der Waals surface area contributed by atoms with E-state index in [1.807, 2.05) is 36.4 Å². The summed E-state index contributed by atoms with van der Waals surface area (Å²) in [5, 5.41) is 14.8. The first-order valence-electron chi connectivity index (χ1n) is 9.28. The van der Waals surface area contributed by atoms with Gasteiger partial charge in [0.2, 0.25) is 0 Å². The molecule has 0 unspecified atom stereocenters. The van der Waals surface area contributed by atoms with Crippen molar-refractivity contribution < 1.29 is 9.53 Å². The third-order valence-electron chi connectivity index (χ3n) is 4.51. The lowest BCUT2D eigenvalue weighted by molar-refractivity contribution is 0.122. The molecule has 2 amide bonds. The highest BCUT2D eigenvalue weighted by atomic mass is 35.5. The van der Waals surface area contributed by atoms with E-state index in [0.717, 1.165) is 30.2 Å². The molecule has 1 fully saturated rings. The molecule has 0 saturated carbocycles. The Hall–Kier alpha value is -3.16. The molecule has 0 bridgehead atoms. The molecular formula is C21H20ClN5O2. The van der Waals surface area contributed by atoms with Gasteiger partial charge in [0.1, 0.15) is 0 Å². The summed E-state index contributed by atoms with van der Waals surface area (Å²) in [5.41, 5.74) is 3.00. The van der Waals surface area contributed by atoms with E-state index >= 15 is 0 Å². The van der Waals surface area contributed by atoms with E-state index in [9.17, 15) is 4.79 Å². The van der Waals surface area contributed by atoms with E-state index in [0.29, 0.717) is 29.6 Å². The summed E-state index contributed by atoms with van der Waals surface area (Å²) in [4.78, 5) is 14.3. The van der Waals surface area contributed by atoms with Crippen LogP contribution in [0.1, 0.15) is 0 Å². The van der Waals surface area contributed by atoms with E-state index in [1.54, 1.807) is 24.3 Å². The highest BCUT2D eigenvalue weighted by Gasteiger charge is 2.13. The van der Waals surface area contributed by atoms with Crippen molar-refractivity contribution in [3.63, 3.8) is 0 Å². The summed E-state index contributed by atoms with van der Waals surface area (Å²) >= 11 is 5.93. The number of morpholine rings is 1. The van der Waals surface area contributed by atoms with Crippen LogP contribution in [0.4, 0.5) is 22.0 Å². The van der Waals surface area contributed by atoms with Crippen LogP contribution in [0, 0.1) is 0 Å². The van der Waals surface area contributed by atoms with Crippen LogP contribution in [0.5, 0.6) is 0 Å². The number of aromatic nitrogens is 2. The van der Waals surface area contributed by atoms with Crippen molar-refractivity contribution >= 4 is 34.8 Å². The molecule has 4 rings (SSSR count). The van der Waals surface area contributed by atoms with Crippen LogP contribution in [-0.2, 0) is 4.74 Å². The number of ether oxygens (including phenoxy) is 1. The maximum absolute atomic E-state index is 12.1. The van der Waals surface area contributed by atoms with E-state index in [2.05, 4.69) is 25.7 Å². The van der Waals surface area contributed by atoms with Gasteiger partial charge < -0.3 is 20.3 Å². The van der Waals surface area contributed by atoms with Crippen molar-refractivity contribution in [3.8, 4) is 11.3 Å². The van der Waals surface area contributed by atoms with Gasteiger partial charge in [0.25, 0.3) is 0 Å². The lowest BCUT2D eigenvalue weighted by Crippen LogP contribution is -2.36. The molecule has 0 aliphatic carbocycles. The molecule has 1 aliphatic rings. The minimum atomic E-state index is -0.338.